The first-order chi connectivity index (χ1) is 9.04. The molecule has 0 saturated heterocycles. The van der Waals surface area contributed by atoms with Crippen molar-refractivity contribution in [3.8, 4) is 0 Å². The highest BCUT2D eigenvalue weighted by molar-refractivity contribution is 5.88. The van der Waals surface area contributed by atoms with Crippen molar-refractivity contribution in [3.05, 3.63) is 29.8 Å². The van der Waals surface area contributed by atoms with Gasteiger partial charge in [0, 0.05) is 5.69 Å². The summed E-state index contributed by atoms with van der Waals surface area (Å²) in [5, 5.41) is 21.9. The maximum atomic E-state index is 10.8. The number of carboxylic acid groups (broad SMARTS) is 1. The molecule has 0 heterocycles. The number of aliphatic hydroxyl groups is 1. The zero-order chi connectivity index (χ0) is 13.9. The molecule has 3 N–H and O–H groups in total. The highest BCUT2D eigenvalue weighted by Gasteiger charge is 2.33. The van der Waals surface area contributed by atoms with E-state index in [-0.39, 0.29) is 17.7 Å². The second-order valence-corrected chi connectivity index (χ2v) is 5.63. The number of hydrogen-bond donors (Lipinski definition) is 3. The zero-order valence-corrected chi connectivity index (χ0v) is 11.2. The first kappa shape index (κ1) is 13.9. The molecule has 1 aromatic rings. The Labute approximate surface area is 113 Å². The molecule has 2 rings (SSSR count). The Balaban J connectivity index is 2.08. The fraction of sp³-hybridized carbons (Fsp3) is 0.533. The van der Waals surface area contributed by atoms with Crippen LogP contribution in [-0.2, 0) is 0 Å². The normalized spacial score (nSPS) is 26.9. The first-order valence-electron chi connectivity index (χ1n) is 6.77. The number of aliphatic hydroxyl groups excluding tert-OH is 1. The summed E-state index contributed by atoms with van der Waals surface area (Å²) in [6, 6.07) is 6.69. The van der Waals surface area contributed by atoms with Gasteiger partial charge >= 0.3 is 5.97 Å². The lowest BCUT2D eigenvalue weighted by atomic mass is 9.77. The second kappa shape index (κ2) is 5.61. The average Bonchev–Trinajstić information content (AvgIpc) is 2.42. The molecule has 4 nitrogen and oxygen atoms in total. The van der Waals surface area contributed by atoms with Gasteiger partial charge in [-0.25, -0.2) is 4.79 Å². The minimum absolute atomic E-state index is 0.112. The minimum atomic E-state index is -0.921. The number of rotatable bonds is 4. The Bertz CT molecular complexity index is 433. The number of aromatic carboxylic acids is 1. The Morgan fingerprint density at radius 1 is 1.32 bits per heavy atom. The van der Waals surface area contributed by atoms with E-state index in [2.05, 4.69) is 12.2 Å². The summed E-state index contributed by atoms with van der Waals surface area (Å²) in [6.07, 6.45) is 4.12. The SMILES string of the molecule is CC1CCC(CO)(Nc2ccc(C(=O)O)cc2)CC1. The third-order valence-electron chi connectivity index (χ3n) is 4.08. The summed E-state index contributed by atoms with van der Waals surface area (Å²) in [5.41, 5.74) is 0.895. The van der Waals surface area contributed by atoms with Crippen LogP contribution >= 0.6 is 0 Å². The molecule has 1 aromatic carbocycles. The van der Waals surface area contributed by atoms with Gasteiger partial charge in [0.05, 0.1) is 17.7 Å². The molecule has 0 atom stereocenters. The van der Waals surface area contributed by atoms with Gasteiger partial charge in [0.25, 0.3) is 0 Å². The third-order valence-corrected chi connectivity index (χ3v) is 4.08. The van der Waals surface area contributed by atoms with Crippen LogP contribution in [0.25, 0.3) is 0 Å². The lowest BCUT2D eigenvalue weighted by Crippen LogP contribution is -2.45. The Hall–Kier alpha value is -1.55. The molecule has 1 fully saturated rings. The van der Waals surface area contributed by atoms with E-state index in [0.717, 1.165) is 37.3 Å². The van der Waals surface area contributed by atoms with Crippen molar-refractivity contribution in [3.63, 3.8) is 0 Å². The smallest absolute Gasteiger partial charge is 0.335 e. The van der Waals surface area contributed by atoms with Crippen LogP contribution in [0.4, 0.5) is 5.69 Å². The Morgan fingerprint density at radius 3 is 2.37 bits per heavy atom. The van der Waals surface area contributed by atoms with E-state index in [1.54, 1.807) is 24.3 Å². The van der Waals surface area contributed by atoms with Gasteiger partial charge in [-0.3, -0.25) is 0 Å². The number of carbonyl (C=O) groups is 1. The van der Waals surface area contributed by atoms with Crippen LogP contribution in [0, 0.1) is 5.92 Å². The highest BCUT2D eigenvalue weighted by Crippen LogP contribution is 2.34. The maximum Gasteiger partial charge on any atom is 0.335 e. The van der Waals surface area contributed by atoms with Gasteiger partial charge in [-0.1, -0.05) is 6.92 Å². The van der Waals surface area contributed by atoms with E-state index < -0.39 is 5.97 Å². The van der Waals surface area contributed by atoms with E-state index in [1.165, 1.54) is 0 Å². The molecule has 104 valence electrons. The van der Waals surface area contributed by atoms with Crippen molar-refractivity contribution >= 4 is 11.7 Å². The van der Waals surface area contributed by atoms with Gasteiger partial charge in [0.2, 0.25) is 0 Å². The van der Waals surface area contributed by atoms with E-state index in [4.69, 9.17) is 5.11 Å². The number of carboxylic acids is 1. The van der Waals surface area contributed by atoms with Gasteiger partial charge in [-0.05, 0) is 55.9 Å². The molecule has 0 unspecified atom stereocenters. The molecule has 19 heavy (non-hydrogen) atoms. The zero-order valence-electron chi connectivity index (χ0n) is 11.2. The van der Waals surface area contributed by atoms with Gasteiger partial charge in [0.15, 0.2) is 0 Å². The number of anilines is 1. The summed E-state index contributed by atoms with van der Waals surface area (Å²) >= 11 is 0. The van der Waals surface area contributed by atoms with Crippen LogP contribution < -0.4 is 5.32 Å². The summed E-state index contributed by atoms with van der Waals surface area (Å²) < 4.78 is 0. The predicted molar refractivity (Wildman–Crippen MR) is 74.5 cm³/mol. The summed E-state index contributed by atoms with van der Waals surface area (Å²) in [7, 11) is 0. The minimum Gasteiger partial charge on any atom is -0.478 e. The van der Waals surface area contributed by atoms with Gasteiger partial charge in [0.1, 0.15) is 0 Å². The topological polar surface area (TPSA) is 69.6 Å². The summed E-state index contributed by atoms with van der Waals surface area (Å²) in [4.78, 5) is 10.8. The van der Waals surface area contributed by atoms with Crippen molar-refractivity contribution in [2.45, 2.75) is 38.1 Å². The van der Waals surface area contributed by atoms with Gasteiger partial charge < -0.3 is 15.5 Å². The van der Waals surface area contributed by atoms with E-state index in [0.29, 0.717) is 0 Å². The summed E-state index contributed by atoms with van der Waals surface area (Å²) in [5.74, 6) is -0.203. The van der Waals surface area contributed by atoms with E-state index in [1.807, 2.05) is 0 Å². The van der Waals surface area contributed by atoms with Crippen LogP contribution in [0.3, 0.4) is 0 Å². The van der Waals surface area contributed by atoms with Crippen LogP contribution in [-0.4, -0.2) is 28.3 Å². The first-order valence-corrected chi connectivity index (χ1v) is 6.77. The van der Waals surface area contributed by atoms with Crippen molar-refractivity contribution in [1.82, 2.24) is 0 Å². The van der Waals surface area contributed by atoms with Gasteiger partial charge in [-0.2, -0.15) is 0 Å². The standard InChI is InChI=1S/C15H21NO3/c1-11-6-8-15(10-17,9-7-11)16-13-4-2-12(3-5-13)14(18)19/h2-5,11,16-17H,6-10H2,1H3,(H,18,19). The molecule has 0 amide bonds. The van der Waals surface area contributed by atoms with E-state index >= 15 is 0 Å². The molecular weight excluding hydrogens is 242 g/mol. The van der Waals surface area contributed by atoms with Crippen molar-refractivity contribution in [2.24, 2.45) is 5.92 Å². The van der Waals surface area contributed by atoms with Crippen LogP contribution in [0.2, 0.25) is 0 Å². The van der Waals surface area contributed by atoms with Crippen molar-refractivity contribution in [1.29, 1.82) is 0 Å². The largest absolute Gasteiger partial charge is 0.478 e. The fourth-order valence-electron chi connectivity index (χ4n) is 2.64. The lowest BCUT2D eigenvalue weighted by Gasteiger charge is -2.39. The summed E-state index contributed by atoms with van der Waals surface area (Å²) in [6.45, 7) is 2.35. The molecule has 0 spiro atoms. The highest BCUT2D eigenvalue weighted by atomic mass is 16.4. The Morgan fingerprint density at radius 2 is 1.89 bits per heavy atom. The van der Waals surface area contributed by atoms with Gasteiger partial charge in [-0.15, -0.1) is 0 Å². The maximum absolute atomic E-state index is 10.8. The molecule has 1 saturated carbocycles. The lowest BCUT2D eigenvalue weighted by molar-refractivity contribution is 0.0697. The molecule has 0 aromatic heterocycles. The third kappa shape index (κ3) is 3.26. The Kier molecular flexibility index (Phi) is 4.10. The number of benzene rings is 1. The average molecular weight is 263 g/mol. The number of hydrogen-bond acceptors (Lipinski definition) is 3. The molecular formula is C15H21NO3. The monoisotopic (exact) mass is 263 g/mol. The van der Waals surface area contributed by atoms with Crippen LogP contribution in [0.1, 0.15) is 43.0 Å². The molecule has 0 radical (unpaired) electrons. The predicted octanol–water partition coefficient (Wildman–Crippen LogP) is 2.74. The van der Waals surface area contributed by atoms with Crippen LogP contribution in [0.15, 0.2) is 24.3 Å². The quantitative estimate of drug-likeness (QED) is 0.781. The molecule has 0 aliphatic heterocycles. The molecule has 1 aliphatic carbocycles. The molecule has 0 bridgehead atoms. The molecule has 4 heteroatoms. The van der Waals surface area contributed by atoms with Crippen molar-refractivity contribution < 1.29 is 15.0 Å². The van der Waals surface area contributed by atoms with E-state index in [9.17, 15) is 9.90 Å². The second-order valence-electron chi connectivity index (χ2n) is 5.63. The van der Waals surface area contributed by atoms with Crippen LogP contribution in [0.5, 0.6) is 0 Å². The molecule has 1 aliphatic rings. The number of nitrogens with one attached hydrogen (secondary N) is 1. The van der Waals surface area contributed by atoms with Crippen molar-refractivity contribution in [2.75, 3.05) is 11.9 Å². The fourth-order valence-corrected chi connectivity index (χ4v) is 2.64.